The zero-order valence-electron chi connectivity index (χ0n) is 15.9. The molecule has 1 fully saturated rings. The highest BCUT2D eigenvalue weighted by Crippen LogP contribution is 2.42. The fourth-order valence-electron chi connectivity index (χ4n) is 3.72. The van der Waals surface area contributed by atoms with Crippen molar-refractivity contribution in [2.75, 3.05) is 20.6 Å². The Kier molecular flexibility index (Phi) is 7.14. The minimum Gasteiger partial charge on any atom is -0.477 e. The Morgan fingerprint density at radius 1 is 1.26 bits per heavy atom. The van der Waals surface area contributed by atoms with E-state index in [1.807, 2.05) is 0 Å². The van der Waals surface area contributed by atoms with E-state index in [-0.39, 0.29) is 28.8 Å². The van der Waals surface area contributed by atoms with Gasteiger partial charge in [-0.05, 0) is 13.3 Å². The topological polar surface area (TPSA) is 142 Å². The van der Waals surface area contributed by atoms with Crippen LogP contribution >= 0.6 is 11.8 Å². The summed E-state index contributed by atoms with van der Waals surface area (Å²) in [7, 11) is 3.39. The Hall–Kier alpha value is -1.33. The van der Waals surface area contributed by atoms with E-state index in [2.05, 4.69) is 10.6 Å². The van der Waals surface area contributed by atoms with Gasteiger partial charge in [0.15, 0.2) is 6.29 Å². The molecular weight excluding hydrogens is 374 g/mol. The smallest absolute Gasteiger partial charge is 0.352 e. The molecule has 0 aromatic carbocycles. The van der Waals surface area contributed by atoms with Crippen LogP contribution in [0.25, 0.3) is 0 Å². The summed E-state index contributed by atoms with van der Waals surface area (Å²) in [5, 5.41) is 44.8. The molecule has 0 aromatic heterocycles. The van der Waals surface area contributed by atoms with Gasteiger partial charge in [0.25, 0.3) is 0 Å². The number of aliphatic hydroxyl groups excluding tert-OH is 2. The maximum absolute atomic E-state index is 12.1. The van der Waals surface area contributed by atoms with E-state index in [1.165, 1.54) is 23.6 Å². The number of rotatable bonds is 7. The van der Waals surface area contributed by atoms with E-state index < -0.39 is 30.3 Å². The van der Waals surface area contributed by atoms with Gasteiger partial charge in [-0.1, -0.05) is 6.92 Å². The summed E-state index contributed by atoms with van der Waals surface area (Å²) in [6, 6.07) is -0.913. The van der Waals surface area contributed by atoms with Gasteiger partial charge in [-0.2, -0.15) is 0 Å². The quantitative estimate of drug-likeness (QED) is 0.287. The number of carbonyl (C=O) groups is 2. The first-order valence-electron chi connectivity index (χ1n) is 8.94. The fourth-order valence-corrected chi connectivity index (χ4v) is 5.18. The van der Waals surface area contributed by atoms with Crippen LogP contribution in [0.4, 0.5) is 0 Å². The molecule has 0 unspecified atom stereocenters. The number of hydrogen-bond acceptors (Lipinski definition) is 8. The van der Waals surface area contributed by atoms with Crippen molar-refractivity contribution in [3.8, 4) is 0 Å². The summed E-state index contributed by atoms with van der Waals surface area (Å²) < 4.78 is 0. The highest BCUT2D eigenvalue weighted by atomic mass is 32.2. The Balaban J connectivity index is 2.15. The first kappa shape index (κ1) is 22.0. The van der Waals surface area contributed by atoms with E-state index in [4.69, 9.17) is 0 Å². The lowest BCUT2D eigenvalue weighted by molar-refractivity contribution is -0.135. The molecule has 6 atom stereocenters. The number of carbonyl (C=O) groups excluding carboxylic acids is 1. The molecule has 2 aliphatic heterocycles. The van der Waals surface area contributed by atoms with Crippen molar-refractivity contribution in [1.82, 2.24) is 15.5 Å². The summed E-state index contributed by atoms with van der Waals surface area (Å²) in [6.07, 6.45) is -2.23. The van der Waals surface area contributed by atoms with Gasteiger partial charge in [0, 0.05) is 42.8 Å². The van der Waals surface area contributed by atoms with Crippen molar-refractivity contribution >= 4 is 23.6 Å². The number of aliphatic carboxylic acids is 1. The minimum absolute atomic E-state index is 0.0152. The molecule has 1 saturated heterocycles. The summed E-state index contributed by atoms with van der Waals surface area (Å²) in [5.41, 5.74) is 0.0196. The van der Waals surface area contributed by atoms with E-state index >= 15 is 0 Å². The molecule has 1 amide bonds. The lowest BCUT2D eigenvalue weighted by atomic mass is 9.87. The van der Waals surface area contributed by atoms with Crippen molar-refractivity contribution < 1.29 is 30.0 Å². The molecule has 2 heterocycles. The minimum atomic E-state index is -1.78. The van der Waals surface area contributed by atoms with Gasteiger partial charge in [-0.25, -0.2) is 4.79 Å². The highest BCUT2D eigenvalue weighted by molar-refractivity contribution is 8.03. The molecule has 0 spiro atoms. The molecule has 9 nitrogen and oxygen atoms in total. The number of nitrogens with zero attached hydrogens (tertiary/aromatic N) is 1. The maximum atomic E-state index is 12.1. The van der Waals surface area contributed by atoms with Gasteiger partial charge in [0.1, 0.15) is 5.70 Å². The first-order chi connectivity index (χ1) is 12.5. The molecule has 2 rings (SSSR count). The fraction of sp³-hybridized carbons (Fsp3) is 0.765. The van der Waals surface area contributed by atoms with Crippen LogP contribution < -0.4 is 10.6 Å². The van der Waals surface area contributed by atoms with Crippen LogP contribution in [0.3, 0.4) is 0 Å². The second-order valence-electron chi connectivity index (χ2n) is 7.40. The monoisotopic (exact) mass is 403 g/mol. The third-order valence-electron chi connectivity index (χ3n) is 5.16. The van der Waals surface area contributed by atoms with E-state index in [1.54, 1.807) is 21.0 Å². The number of carboxylic acids is 1. The van der Waals surface area contributed by atoms with Crippen LogP contribution in [0.1, 0.15) is 20.3 Å². The third kappa shape index (κ3) is 4.75. The molecule has 10 heteroatoms. The second kappa shape index (κ2) is 8.78. The molecule has 154 valence electrons. The summed E-state index contributed by atoms with van der Waals surface area (Å²) in [4.78, 5) is 25.9. The molecule has 6 N–H and O–H groups in total. The normalized spacial score (nSPS) is 30.4. The zero-order valence-corrected chi connectivity index (χ0v) is 16.7. The third-order valence-corrected chi connectivity index (χ3v) is 6.68. The number of likely N-dealkylation sites (N-methyl/N-ethyl adjacent to an activating group) is 1. The van der Waals surface area contributed by atoms with Crippen LogP contribution in [0.15, 0.2) is 10.6 Å². The van der Waals surface area contributed by atoms with Crippen LogP contribution in [-0.2, 0) is 9.59 Å². The van der Waals surface area contributed by atoms with Gasteiger partial charge in [0.2, 0.25) is 5.91 Å². The van der Waals surface area contributed by atoms with E-state index in [0.29, 0.717) is 17.9 Å². The molecule has 0 saturated carbocycles. The lowest BCUT2D eigenvalue weighted by Crippen LogP contribution is -2.47. The summed E-state index contributed by atoms with van der Waals surface area (Å²) in [5.74, 6) is -2.41. The molecule has 2 aliphatic rings. The Morgan fingerprint density at radius 3 is 2.37 bits per heavy atom. The number of thioether (sulfide) groups is 1. The van der Waals surface area contributed by atoms with Crippen LogP contribution in [-0.4, -0.2) is 87.6 Å². The van der Waals surface area contributed by atoms with Crippen molar-refractivity contribution in [2.24, 2.45) is 11.8 Å². The van der Waals surface area contributed by atoms with Crippen molar-refractivity contribution in [2.45, 2.75) is 50.0 Å². The zero-order chi connectivity index (χ0) is 20.5. The molecule has 0 bridgehead atoms. The van der Waals surface area contributed by atoms with Gasteiger partial charge in [0.05, 0.1) is 18.1 Å². The van der Waals surface area contributed by atoms with Gasteiger partial charge >= 0.3 is 5.97 Å². The highest BCUT2D eigenvalue weighted by Gasteiger charge is 2.44. The number of carboxylic acid groups (broad SMARTS) is 1. The number of nitrogens with one attached hydrogen (secondary N) is 2. The Bertz CT molecular complexity index is 601. The predicted molar refractivity (Wildman–Crippen MR) is 101 cm³/mol. The van der Waals surface area contributed by atoms with Crippen LogP contribution in [0, 0.1) is 11.8 Å². The second-order valence-corrected chi connectivity index (χ2v) is 8.75. The Labute approximate surface area is 162 Å². The van der Waals surface area contributed by atoms with Gasteiger partial charge in [-0.3, -0.25) is 4.79 Å². The average molecular weight is 404 g/mol. The largest absolute Gasteiger partial charge is 0.477 e. The molecule has 0 aromatic rings. The molecule has 0 aliphatic carbocycles. The van der Waals surface area contributed by atoms with E-state index in [9.17, 15) is 30.0 Å². The van der Waals surface area contributed by atoms with Crippen LogP contribution in [0.2, 0.25) is 0 Å². The summed E-state index contributed by atoms with van der Waals surface area (Å²) in [6.45, 7) is 3.83. The van der Waals surface area contributed by atoms with E-state index in [0.717, 1.165) is 0 Å². The van der Waals surface area contributed by atoms with Crippen molar-refractivity contribution in [3.05, 3.63) is 10.6 Å². The Morgan fingerprint density at radius 2 is 1.89 bits per heavy atom. The maximum Gasteiger partial charge on any atom is 0.352 e. The van der Waals surface area contributed by atoms with Gasteiger partial charge < -0.3 is 36.0 Å². The van der Waals surface area contributed by atoms with Crippen molar-refractivity contribution in [3.63, 3.8) is 0 Å². The predicted octanol–water partition coefficient (Wildman–Crippen LogP) is -1.25. The average Bonchev–Trinajstić information content (AvgIpc) is 3.13. The number of hydrogen-bond donors (Lipinski definition) is 6. The summed E-state index contributed by atoms with van der Waals surface area (Å²) >= 11 is 1.39. The molecule has 27 heavy (non-hydrogen) atoms. The molecule has 0 radical (unpaired) electrons. The van der Waals surface area contributed by atoms with Crippen molar-refractivity contribution in [1.29, 1.82) is 0 Å². The SMILES string of the molecule is C[C@@H](O)[C@@H](C(O)O)[C@@H]1NC(C(=O)O)=C(S[C@@H]2CN[C@H](C(=O)N(C)C)C2)[C@@H]1C. The standard InChI is InChI=1S/C17H29N3O6S/c1-7-12(11(8(2)21)16(23)24)19-13(17(25)26)14(7)27-9-5-10(18-6-9)15(22)20(3)4/h7-12,16,18-19,21,23-24H,5-6H2,1-4H3,(H,25,26)/t7-,8-,9+,10+,11-,12-/m1/s1. The van der Waals surface area contributed by atoms with Crippen LogP contribution in [0.5, 0.6) is 0 Å². The number of amides is 1. The first-order valence-corrected chi connectivity index (χ1v) is 9.81. The molecular formula is C17H29N3O6S. The van der Waals surface area contributed by atoms with Gasteiger partial charge in [-0.15, -0.1) is 11.8 Å². The number of aliphatic hydroxyl groups is 3. The lowest BCUT2D eigenvalue weighted by Gasteiger charge is -2.31.